The number of para-hydroxylation sites is 1. The van der Waals surface area contributed by atoms with Crippen molar-refractivity contribution in [2.75, 3.05) is 6.54 Å². The molecule has 1 aromatic heterocycles. The average Bonchev–Trinajstić information content (AvgIpc) is 2.74. The van der Waals surface area contributed by atoms with Crippen LogP contribution in [0, 0.1) is 0 Å². The SMILES string of the molecule is Cn1cc(C2(C)CNC(=O)C(=O)N2)c2ccccc21. The molecule has 19 heavy (non-hydrogen) atoms. The zero-order valence-electron chi connectivity index (χ0n) is 10.9. The molecular weight excluding hydrogens is 242 g/mol. The van der Waals surface area contributed by atoms with Crippen LogP contribution in [0.3, 0.4) is 0 Å². The van der Waals surface area contributed by atoms with Gasteiger partial charge in [-0.2, -0.15) is 0 Å². The molecule has 1 aliphatic rings. The number of hydrogen-bond acceptors (Lipinski definition) is 2. The number of benzene rings is 1. The zero-order chi connectivity index (χ0) is 13.6. The first-order valence-corrected chi connectivity index (χ1v) is 6.16. The largest absolute Gasteiger partial charge is 0.350 e. The molecule has 3 rings (SSSR count). The van der Waals surface area contributed by atoms with E-state index in [0.717, 1.165) is 16.5 Å². The summed E-state index contributed by atoms with van der Waals surface area (Å²) in [5, 5.41) is 6.52. The fourth-order valence-electron chi connectivity index (χ4n) is 2.63. The summed E-state index contributed by atoms with van der Waals surface area (Å²) >= 11 is 0. The number of amides is 2. The molecular formula is C14H15N3O2. The first-order valence-electron chi connectivity index (χ1n) is 6.16. The minimum Gasteiger partial charge on any atom is -0.350 e. The second-order valence-electron chi connectivity index (χ2n) is 5.14. The third kappa shape index (κ3) is 1.69. The molecule has 0 saturated carbocycles. The lowest BCUT2D eigenvalue weighted by molar-refractivity contribution is -0.142. The third-order valence-corrected chi connectivity index (χ3v) is 3.69. The molecule has 1 unspecified atom stereocenters. The maximum atomic E-state index is 11.6. The molecule has 1 aliphatic heterocycles. The van der Waals surface area contributed by atoms with Crippen LogP contribution in [0.25, 0.3) is 10.9 Å². The Kier molecular flexibility index (Phi) is 2.38. The van der Waals surface area contributed by atoms with E-state index in [9.17, 15) is 9.59 Å². The zero-order valence-corrected chi connectivity index (χ0v) is 10.9. The van der Waals surface area contributed by atoms with Crippen molar-refractivity contribution < 1.29 is 9.59 Å². The first kappa shape index (κ1) is 11.8. The summed E-state index contributed by atoms with van der Waals surface area (Å²) in [6.07, 6.45) is 2.00. The molecule has 1 atom stereocenters. The normalized spacial score (nSPS) is 23.3. The summed E-state index contributed by atoms with van der Waals surface area (Å²) in [5.74, 6) is -1.15. The van der Waals surface area contributed by atoms with Gasteiger partial charge >= 0.3 is 11.8 Å². The lowest BCUT2D eigenvalue weighted by Gasteiger charge is -2.34. The Hall–Kier alpha value is -2.30. The van der Waals surface area contributed by atoms with Crippen LogP contribution in [-0.4, -0.2) is 22.9 Å². The first-order chi connectivity index (χ1) is 9.01. The smallest absolute Gasteiger partial charge is 0.310 e. The predicted octanol–water partition coefficient (Wildman–Crippen LogP) is 0.639. The minimum absolute atomic E-state index is 0.394. The summed E-state index contributed by atoms with van der Waals surface area (Å²) in [4.78, 5) is 22.8. The van der Waals surface area contributed by atoms with E-state index in [2.05, 4.69) is 10.6 Å². The lowest BCUT2D eigenvalue weighted by Crippen LogP contribution is -2.60. The van der Waals surface area contributed by atoms with E-state index in [1.807, 2.05) is 49.0 Å². The summed E-state index contributed by atoms with van der Waals surface area (Å²) < 4.78 is 2.03. The van der Waals surface area contributed by atoms with E-state index in [1.54, 1.807) is 0 Å². The summed E-state index contributed by atoms with van der Waals surface area (Å²) in [5.41, 5.74) is 1.54. The number of piperazine rings is 1. The van der Waals surface area contributed by atoms with Crippen LogP contribution in [0.5, 0.6) is 0 Å². The third-order valence-electron chi connectivity index (χ3n) is 3.69. The van der Waals surface area contributed by atoms with E-state index in [4.69, 9.17) is 0 Å². The van der Waals surface area contributed by atoms with E-state index < -0.39 is 17.4 Å². The summed E-state index contributed by atoms with van der Waals surface area (Å²) in [6, 6.07) is 8.01. The molecule has 1 saturated heterocycles. The van der Waals surface area contributed by atoms with Gasteiger partial charge in [-0.3, -0.25) is 9.59 Å². The fourth-order valence-corrected chi connectivity index (χ4v) is 2.63. The van der Waals surface area contributed by atoms with Gasteiger partial charge in [0, 0.05) is 36.3 Å². The second-order valence-corrected chi connectivity index (χ2v) is 5.14. The van der Waals surface area contributed by atoms with Gasteiger partial charge in [0.05, 0.1) is 5.54 Å². The van der Waals surface area contributed by atoms with Gasteiger partial charge in [0.1, 0.15) is 0 Å². The van der Waals surface area contributed by atoms with Gasteiger partial charge < -0.3 is 15.2 Å². The van der Waals surface area contributed by atoms with Crippen molar-refractivity contribution in [3.63, 3.8) is 0 Å². The number of aromatic nitrogens is 1. The Labute approximate surface area is 110 Å². The number of fused-ring (bicyclic) bond motifs is 1. The number of hydrogen-bond donors (Lipinski definition) is 2. The van der Waals surface area contributed by atoms with Crippen molar-refractivity contribution >= 4 is 22.7 Å². The molecule has 2 heterocycles. The maximum absolute atomic E-state index is 11.6. The molecule has 5 nitrogen and oxygen atoms in total. The Morgan fingerprint density at radius 1 is 1.21 bits per heavy atom. The Balaban J connectivity index is 2.14. The van der Waals surface area contributed by atoms with Crippen LogP contribution in [0.4, 0.5) is 0 Å². The lowest BCUT2D eigenvalue weighted by atomic mass is 9.90. The molecule has 0 aliphatic carbocycles. The highest BCUT2D eigenvalue weighted by molar-refractivity contribution is 6.35. The number of carbonyl (C=O) groups is 2. The molecule has 0 spiro atoms. The molecule has 2 aromatic rings. The standard InChI is InChI=1S/C14H15N3O2/c1-14(8-15-12(18)13(19)16-14)10-7-17(2)11-6-4-3-5-9(10)11/h3-7H,8H2,1-2H3,(H,15,18)(H,16,19). The number of nitrogens with zero attached hydrogens (tertiary/aromatic N) is 1. The van der Waals surface area contributed by atoms with Crippen LogP contribution >= 0.6 is 0 Å². The van der Waals surface area contributed by atoms with Crippen LogP contribution in [0.15, 0.2) is 30.5 Å². The minimum atomic E-state index is -0.582. The number of carbonyl (C=O) groups excluding carboxylic acids is 2. The molecule has 0 bridgehead atoms. The van der Waals surface area contributed by atoms with Gasteiger partial charge in [-0.15, -0.1) is 0 Å². The van der Waals surface area contributed by atoms with E-state index >= 15 is 0 Å². The van der Waals surface area contributed by atoms with Crippen molar-refractivity contribution in [1.82, 2.24) is 15.2 Å². The van der Waals surface area contributed by atoms with Crippen LogP contribution < -0.4 is 10.6 Å². The summed E-state index contributed by atoms with van der Waals surface area (Å²) in [6.45, 7) is 2.32. The topological polar surface area (TPSA) is 63.1 Å². The number of aryl methyl sites for hydroxylation is 1. The van der Waals surface area contributed by atoms with Crippen molar-refractivity contribution in [2.24, 2.45) is 7.05 Å². The highest BCUT2D eigenvalue weighted by Gasteiger charge is 2.37. The number of nitrogens with one attached hydrogen (secondary N) is 2. The molecule has 1 fully saturated rings. The Morgan fingerprint density at radius 2 is 1.95 bits per heavy atom. The van der Waals surface area contributed by atoms with Crippen LogP contribution in [-0.2, 0) is 22.2 Å². The Morgan fingerprint density at radius 3 is 2.68 bits per heavy atom. The highest BCUT2D eigenvalue weighted by atomic mass is 16.2. The van der Waals surface area contributed by atoms with Gasteiger partial charge in [-0.1, -0.05) is 18.2 Å². The van der Waals surface area contributed by atoms with E-state index in [1.165, 1.54) is 0 Å². The van der Waals surface area contributed by atoms with Gasteiger partial charge in [0.25, 0.3) is 0 Å². The van der Waals surface area contributed by atoms with Crippen LogP contribution in [0.1, 0.15) is 12.5 Å². The second kappa shape index (κ2) is 3.85. The van der Waals surface area contributed by atoms with Gasteiger partial charge in [-0.25, -0.2) is 0 Å². The van der Waals surface area contributed by atoms with Crippen molar-refractivity contribution in [1.29, 1.82) is 0 Å². The van der Waals surface area contributed by atoms with E-state index in [-0.39, 0.29) is 0 Å². The van der Waals surface area contributed by atoms with Crippen molar-refractivity contribution in [2.45, 2.75) is 12.5 Å². The quantitative estimate of drug-likeness (QED) is 0.736. The fraction of sp³-hybridized carbons (Fsp3) is 0.286. The van der Waals surface area contributed by atoms with E-state index in [0.29, 0.717) is 6.54 Å². The predicted molar refractivity (Wildman–Crippen MR) is 71.4 cm³/mol. The highest BCUT2D eigenvalue weighted by Crippen LogP contribution is 2.30. The molecule has 98 valence electrons. The Bertz CT molecular complexity index is 689. The molecule has 2 N–H and O–H groups in total. The monoisotopic (exact) mass is 257 g/mol. The van der Waals surface area contributed by atoms with Gasteiger partial charge in [0.15, 0.2) is 0 Å². The van der Waals surface area contributed by atoms with Gasteiger partial charge in [-0.05, 0) is 13.0 Å². The molecule has 1 aromatic carbocycles. The van der Waals surface area contributed by atoms with Gasteiger partial charge in [0.2, 0.25) is 0 Å². The molecule has 5 heteroatoms. The van der Waals surface area contributed by atoms with Crippen LogP contribution in [0.2, 0.25) is 0 Å². The summed E-state index contributed by atoms with van der Waals surface area (Å²) in [7, 11) is 1.97. The van der Waals surface area contributed by atoms with Crippen molar-refractivity contribution in [3.05, 3.63) is 36.0 Å². The van der Waals surface area contributed by atoms with Crippen molar-refractivity contribution in [3.8, 4) is 0 Å². The number of rotatable bonds is 1. The average molecular weight is 257 g/mol. The molecule has 2 amide bonds. The maximum Gasteiger partial charge on any atom is 0.310 e. The molecule has 0 radical (unpaired) electrons.